The maximum atomic E-state index is 12.5. The van der Waals surface area contributed by atoms with E-state index in [1.165, 1.54) is 0 Å². The Morgan fingerprint density at radius 1 is 1.00 bits per heavy atom. The van der Waals surface area contributed by atoms with E-state index >= 15 is 0 Å². The first-order chi connectivity index (χ1) is 10.8. The summed E-state index contributed by atoms with van der Waals surface area (Å²) in [6.45, 7) is 2.49. The standard InChI is InChI=1S/C18H21NO2S/c20-22(18-10-12-19-13-11-18)17-8-6-16(7-9-17)21-14-15-4-2-1-3-5-15/h1-9,18-19H,10-14H2. The number of hydrogen-bond acceptors (Lipinski definition) is 3. The maximum absolute atomic E-state index is 12.5. The Hall–Kier alpha value is -1.49. The lowest BCUT2D eigenvalue weighted by Crippen LogP contribution is -2.35. The third-order valence-electron chi connectivity index (χ3n) is 3.89. The molecular formula is C18H21NO2S. The molecule has 0 saturated carbocycles. The number of hydrogen-bond donors (Lipinski definition) is 1. The van der Waals surface area contributed by atoms with Gasteiger partial charge in [0.1, 0.15) is 17.6 Å². The van der Waals surface area contributed by atoms with Crippen molar-refractivity contribution in [2.24, 2.45) is 0 Å². The van der Waals surface area contributed by atoms with Crippen LogP contribution >= 0.6 is 0 Å². The van der Waals surface area contributed by atoms with E-state index in [1.54, 1.807) is 0 Å². The Balaban J connectivity index is 1.57. The molecule has 1 heterocycles. The summed E-state index contributed by atoms with van der Waals surface area (Å²) in [5, 5.41) is 3.58. The minimum Gasteiger partial charge on any atom is -0.611 e. The quantitative estimate of drug-likeness (QED) is 0.862. The summed E-state index contributed by atoms with van der Waals surface area (Å²) in [5.74, 6) is 0.815. The van der Waals surface area contributed by atoms with Crippen molar-refractivity contribution in [2.45, 2.75) is 29.6 Å². The van der Waals surface area contributed by atoms with Gasteiger partial charge in [-0.25, -0.2) is 0 Å². The van der Waals surface area contributed by atoms with E-state index in [2.05, 4.69) is 5.32 Å². The van der Waals surface area contributed by atoms with E-state index < -0.39 is 11.2 Å². The molecule has 0 spiro atoms. The molecule has 2 aromatic rings. The molecule has 1 saturated heterocycles. The second-order valence-electron chi connectivity index (χ2n) is 5.49. The van der Waals surface area contributed by atoms with Crippen molar-refractivity contribution < 1.29 is 9.29 Å². The summed E-state index contributed by atoms with van der Waals surface area (Å²) < 4.78 is 18.3. The van der Waals surface area contributed by atoms with Crippen molar-refractivity contribution in [3.05, 3.63) is 60.2 Å². The normalized spacial score (nSPS) is 17.1. The molecule has 1 aliphatic rings. The molecule has 1 unspecified atom stereocenters. The summed E-state index contributed by atoms with van der Waals surface area (Å²) in [6, 6.07) is 17.8. The van der Waals surface area contributed by atoms with Gasteiger partial charge in [-0.05, 0) is 54.1 Å². The monoisotopic (exact) mass is 315 g/mol. The van der Waals surface area contributed by atoms with Gasteiger partial charge in [0.15, 0.2) is 4.90 Å². The molecule has 2 aromatic carbocycles. The zero-order valence-corrected chi connectivity index (χ0v) is 13.4. The van der Waals surface area contributed by atoms with Crippen molar-refractivity contribution in [3.8, 4) is 5.75 Å². The minimum atomic E-state index is -0.914. The van der Waals surface area contributed by atoms with Gasteiger partial charge < -0.3 is 14.6 Å². The van der Waals surface area contributed by atoms with Crippen LogP contribution in [0.4, 0.5) is 0 Å². The summed E-state index contributed by atoms with van der Waals surface area (Å²) in [6.07, 6.45) is 1.97. The van der Waals surface area contributed by atoms with E-state index in [1.807, 2.05) is 54.6 Å². The summed E-state index contributed by atoms with van der Waals surface area (Å²) in [7, 11) is 0. The molecule has 3 nitrogen and oxygen atoms in total. The van der Waals surface area contributed by atoms with Gasteiger partial charge in [0.2, 0.25) is 0 Å². The lowest BCUT2D eigenvalue weighted by Gasteiger charge is -2.25. The smallest absolute Gasteiger partial charge is 0.153 e. The van der Waals surface area contributed by atoms with Gasteiger partial charge in [0, 0.05) is 12.8 Å². The summed E-state index contributed by atoms with van der Waals surface area (Å²) in [5.41, 5.74) is 1.14. The van der Waals surface area contributed by atoms with Crippen LogP contribution in [0.25, 0.3) is 0 Å². The van der Waals surface area contributed by atoms with Crippen LogP contribution in [0.2, 0.25) is 0 Å². The average Bonchev–Trinajstić information content (AvgIpc) is 2.61. The first kappa shape index (κ1) is 15.4. The van der Waals surface area contributed by atoms with E-state index in [0.29, 0.717) is 6.61 Å². The molecule has 1 aliphatic heterocycles. The van der Waals surface area contributed by atoms with Crippen molar-refractivity contribution in [2.75, 3.05) is 13.1 Å². The Kier molecular flexibility index (Phi) is 5.38. The molecule has 1 N–H and O–H groups in total. The van der Waals surface area contributed by atoms with Gasteiger partial charge in [-0.2, -0.15) is 0 Å². The van der Waals surface area contributed by atoms with Gasteiger partial charge in [0.05, 0.1) is 0 Å². The topological polar surface area (TPSA) is 44.3 Å². The van der Waals surface area contributed by atoms with Gasteiger partial charge in [-0.3, -0.25) is 0 Å². The van der Waals surface area contributed by atoms with Crippen LogP contribution in [0.15, 0.2) is 59.5 Å². The molecule has 1 fully saturated rings. The predicted octanol–water partition coefficient (Wildman–Crippen LogP) is 3.13. The fourth-order valence-corrected chi connectivity index (χ4v) is 4.07. The highest BCUT2D eigenvalue weighted by Gasteiger charge is 2.26. The molecule has 3 rings (SSSR count). The van der Waals surface area contributed by atoms with E-state index in [9.17, 15) is 4.55 Å². The maximum Gasteiger partial charge on any atom is 0.153 e. The van der Waals surface area contributed by atoms with Crippen LogP contribution < -0.4 is 10.1 Å². The van der Waals surface area contributed by atoms with Gasteiger partial charge >= 0.3 is 0 Å². The molecule has 1 atom stereocenters. The van der Waals surface area contributed by atoms with Crippen LogP contribution in [0.3, 0.4) is 0 Å². The highest BCUT2D eigenvalue weighted by atomic mass is 32.2. The van der Waals surface area contributed by atoms with Crippen LogP contribution in [-0.4, -0.2) is 22.9 Å². The Morgan fingerprint density at radius 2 is 1.68 bits per heavy atom. The fourth-order valence-electron chi connectivity index (χ4n) is 2.61. The first-order valence-electron chi connectivity index (χ1n) is 7.71. The predicted molar refractivity (Wildman–Crippen MR) is 89.5 cm³/mol. The highest BCUT2D eigenvalue weighted by Crippen LogP contribution is 2.24. The number of ether oxygens (including phenoxy) is 1. The van der Waals surface area contributed by atoms with Gasteiger partial charge in [0.25, 0.3) is 0 Å². The first-order valence-corrected chi connectivity index (χ1v) is 8.92. The number of piperidine rings is 1. The zero-order valence-electron chi connectivity index (χ0n) is 12.5. The van der Waals surface area contributed by atoms with Crippen LogP contribution in [0, 0.1) is 0 Å². The van der Waals surface area contributed by atoms with Crippen molar-refractivity contribution in [1.82, 2.24) is 5.32 Å². The molecule has 116 valence electrons. The fraction of sp³-hybridized carbons (Fsp3) is 0.333. The molecule has 0 bridgehead atoms. The highest BCUT2D eigenvalue weighted by molar-refractivity contribution is 7.92. The minimum absolute atomic E-state index is 0.275. The van der Waals surface area contributed by atoms with Crippen molar-refractivity contribution in [1.29, 1.82) is 0 Å². The third-order valence-corrected chi connectivity index (χ3v) is 5.71. The van der Waals surface area contributed by atoms with Crippen LogP contribution in [0.5, 0.6) is 5.75 Å². The lowest BCUT2D eigenvalue weighted by molar-refractivity contribution is 0.306. The number of rotatable bonds is 5. The van der Waals surface area contributed by atoms with Crippen LogP contribution in [-0.2, 0) is 17.8 Å². The molecule has 4 heteroatoms. The Morgan fingerprint density at radius 3 is 2.36 bits per heavy atom. The van der Waals surface area contributed by atoms with Gasteiger partial charge in [-0.15, -0.1) is 0 Å². The zero-order chi connectivity index (χ0) is 15.2. The molecule has 0 aliphatic carbocycles. The van der Waals surface area contributed by atoms with Crippen molar-refractivity contribution in [3.63, 3.8) is 0 Å². The summed E-state index contributed by atoms with van der Waals surface area (Å²) in [4.78, 5) is 0.902. The Labute approximate surface area is 134 Å². The molecule has 0 radical (unpaired) electrons. The van der Waals surface area contributed by atoms with E-state index in [-0.39, 0.29) is 5.25 Å². The number of nitrogens with one attached hydrogen (secondary N) is 1. The third kappa shape index (κ3) is 4.03. The second-order valence-corrected chi connectivity index (χ2v) is 7.23. The lowest BCUT2D eigenvalue weighted by atomic mass is 10.2. The van der Waals surface area contributed by atoms with Gasteiger partial charge in [-0.1, -0.05) is 30.3 Å². The second kappa shape index (κ2) is 7.68. The molecule has 0 amide bonds. The number of benzene rings is 2. The largest absolute Gasteiger partial charge is 0.611 e. The van der Waals surface area contributed by atoms with Crippen LogP contribution in [0.1, 0.15) is 18.4 Å². The van der Waals surface area contributed by atoms with E-state index in [4.69, 9.17) is 4.74 Å². The van der Waals surface area contributed by atoms with Crippen molar-refractivity contribution >= 4 is 11.2 Å². The molecule has 0 aromatic heterocycles. The molecular weight excluding hydrogens is 294 g/mol. The average molecular weight is 315 g/mol. The molecule has 22 heavy (non-hydrogen) atoms. The van der Waals surface area contributed by atoms with E-state index in [0.717, 1.165) is 42.1 Å². The summed E-state index contributed by atoms with van der Waals surface area (Å²) >= 11 is -0.914. The Bertz CT molecular complexity index is 567. The SMILES string of the molecule is [O-][S+](c1ccc(OCc2ccccc2)cc1)C1CCNCC1.